The average molecular weight is 559 g/mol. The average Bonchev–Trinajstić information content (AvgIpc) is 2.95. The van der Waals surface area contributed by atoms with Gasteiger partial charge in [0, 0.05) is 11.1 Å². The van der Waals surface area contributed by atoms with E-state index in [1.165, 1.54) is 26.0 Å². The standard InChI is InChI=1S/C31H30N2O8/c1-19(34)26(16-28(36)37)32-30(39)24-12-8-22(9-13-24)23-10-14-25(15-11-23)31(40)33-27(20(2)35)17-29(38)41-18-21-6-4-3-5-7-21/h3-15,26-27H,16-18H2,1-2H3,(H,32,39)(H,33,40)(H,36,37). The first-order valence-corrected chi connectivity index (χ1v) is 12.8. The lowest BCUT2D eigenvalue weighted by molar-refractivity contribution is -0.146. The summed E-state index contributed by atoms with van der Waals surface area (Å²) in [6.07, 6.45) is -0.806. The molecule has 2 unspecified atom stereocenters. The maximum atomic E-state index is 12.8. The summed E-state index contributed by atoms with van der Waals surface area (Å²) in [7, 11) is 0. The fourth-order valence-corrected chi connectivity index (χ4v) is 3.84. The Hall–Kier alpha value is -5.12. The molecule has 41 heavy (non-hydrogen) atoms. The van der Waals surface area contributed by atoms with Gasteiger partial charge in [0.15, 0.2) is 11.6 Å². The van der Waals surface area contributed by atoms with Crippen molar-refractivity contribution in [2.24, 2.45) is 0 Å². The number of Topliss-reactive ketones (excluding diaryl/α,β-unsaturated/α-hetero) is 2. The summed E-state index contributed by atoms with van der Waals surface area (Å²) in [5, 5.41) is 13.9. The Balaban J connectivity index is 1.59. The van der Waals surface area contributed by atoms with Crippen LogP contribution in [0.25, 0.3) is 11.1 Å². The second kappa shape index (κ2) is 14.3. The van der Waals surface area contributed by atoms with E-state index < -0.39 is 48.0 Å². The fraction of sp³-hybridized carbons (Fsp3) is 0.226. The largest absolute Gasteiger partial charge is 0.481 e. The van der Waals surface area contributed by atoms with Gasteiger partial charge in [0.25, 0.3) is 11.8 Å². The van der Waals surface area contributed by atoms with E-state index >= 15 is 0 Å². The van der Waals surface area contributed by atoms with Crippen molar-refractivity contribution in [1.29, 1.82) is 0 Å². The predicted octanol–water partition coefficient (Wildman–Crippen LogP) is 3.34. The van der Waals surface area contributed by atoms with Crippen LogP contribution in [0.4, 0.5) is 0 Å². The van der Waals surface area contributed by atoms with Crippen LogP contribution < -0.4 is 10.6 Å². The zero-order chi connectivity index (χ0) is 29.9. The molecule has 0 aliphatic heterocycles. The Bertz CT molecular complexity index is 1420. The Morgan fingerprint density at radius 3 is 1.51 bits per heavy atom. The number of carbonyl (C=O) groups is 6. The molecule has 0 aliphatic rings. The van der Waals surface area contributed by atoms with Gasteiger partial charge in [-0.1, -0.05) is 54.6 Å². The minimum atomic E-state index is -1.20. The molecule has 2 amide bonds. The van der Waals surface area contributed by atoms with Crippen molar-refractivity contribution in [3.8, 4) is 11.1 Å². The molecule has 0 bridgehead atoms. The van der Waals surface area contributed by atoms with Crippen LogP contribution >= 0.6 is 0 Å². The first kappa shape index (κ1) is 30.4. The Morgan fingerprint density at radius 2 is 1.10 bits per heavy atom. The third kappa shape index (κ3) is 9.24. The summed E-state index contributed by atoms with van der Waals surface area (Å²) in [6.45, 7) is 2.56. The van der Waals surface area contributed by atoms with Crippen LogP contribution in [0, 0.1) is 0 Å². The van der Waals surface area contributed by atoms with Crippen LogP contribution in [-0.4, -0.2) is 52.5 Å². The molecule has 0 saturated heterocycles. The van der Waals surface area contributed by atoms with Crippen LogP contribution in [0.5, 0.6) is 0 Å². The third-order valence-corrected chi connectivity index (χ3v) is 6.21. The van der Waals surface area contributed by atoms with E-state index in [0.29, 0.717) is 0 Å². The number of ketones is 2. The molecule has 0 radical (unpaired) electrons. The molecular formula is C31H30N2O8. The van der Waals surface area contributed by atoms with Gasteiger partial charge in [-0.25, -0.2) is 0 Å². The van der Waals surface area contributed by atoms with Crippen LogP contribution in [0.15, 0.2) is 78.9 Å². The number of carbonyl (C=O) groups excluding carboxylic acids is 5. The monoisotopic (exact) mass is 558 g/mol. The lowest BCUT2D eigenvalue weighted by atomic mass is 10.0. The van der Waals surface area contributed by atoms with Crippen LogP contribution in [0.2, 0.25) is 0 Å². The van der Waals surface area contributed by atoms with Crippen molar-refractivity contribution in [2.75, 3.05) is 0 Å². The number of esters is 1. The van der Waals surface area contributed by atoms with E-state index in [-0.39, 0.29) is 29.9 Å². The molecule has 0 saturated carbocycles. The van der Waals surface area contributed by atoms with Gasteiger partial charge >= 0.3 is 11.9 Å². The van der Waals surface area contributed by atoms with Crippen LogP contribution in [0.3, 0.4) is 0 Å². The Morgan fingerprint density at radius 1 is 0.659 bits per heavy atom. The highest BCUT2D eigenvalue weighted by molar-refractivity contribution is 6.00. The van der Waals surface area contributed by atoms with Gasteiger partial charge in [-0.2, -0.15) is 0 Å². The predicted molar refractivity (Wildman–Crippen MR) is 149 cm³/mol. The van der Waals surface area contributed by atoms with Crippen molar-refractivity contribution in [3.05, 3.63) is 95.6 Å². The second-order valence-electron chi connectivity index (χ2n) is 9.38. The van der Waals surface area contributed by atoms with Crippen molar-refractivity contribution in [1.82, 2.24) is 10.6 Å². The molecule has 10 nitrogen and oxygen atoms in total. The summed E-state index contributed by atoms with van der Waals surface area (Å²) in [5.41, 5.74) is 2.82. The number of hydrogen-bond donors (Lipinski definition) is 3. The first-order valence-electron chi connectivity index (χ1n) is 12.8. The van der Waals surface area contributed by atoms with Gasteiger partial charge in [-0.05, 0) is 54.8 Å². The molecule has 3 rings (SSSR count). The topological polar surface area (TPSA) is 156 Å². The van der Waals surface area contributed by atoms with Gasteiger partial charge in [-0.15, -0.1) is 0 Å². The van der Waals surface area contributed by atoms with Gasteiger partial charge in [0.05, 0.1) is 24.9 Å². The SMILES string of the molecule is CC(=O)C(CC(=O)O)NC(=O)c1ccc(-c2ccc(C(=O)NC(CC(=O)OCc3ccccc3)C(C)=O)cc2)cc1. The normalized spacial score (nSPS) is 12.0. The van der Waals surface area contributed by atoms with E-state index in [1.54, 1.807) is 36.4 Å². The number of rotatable bonds is 13. The van der Waals surface area contributed by atoms with Crippen molar-refractivity contribution >= 4 is 35.3 Å². The van der Waals surface area contributed by atoms with Crippen LogP contribution in [-0.2, 0) is 30.5 Å². The molecule has 3 aromatic rings. The van der Waals surface area contributed by atoms with Crippen LogP contribution in [0.1, 0.15) is 53.0 Å². The highest BCUT2D eigenvalue weighted by Gasteiger charge is 2.23. The molecule has 2 atom stereocenters. The van der Waals surface area contributed by atoms with Gasteiger partial charge in [-0.3, -0.25) is 28.8 Å². The molecule has 0 aromatic heterocycles. The summed E-state index contributed by atoms with van der Waals surface area (Å²) < 4.78 is 5.22. The number of benzene rings is 3. The molecule has 3 aromatic carbocycles. The quantitative estimate of drug-likeness (QED) is 0.270. The van der Waals surface area contributed by atoms with Gasteiger partial charge in [0.2, 0.25) is 0 Å². The lowest BCUT2D eigenvalue weighted by Gasteiger charge is -2.16. The molecule has 0 heterocycles. The van der Waals surface area contributed by atoms with E-state index in [1.807, 2.05) is 30.3 Å². The summed E-state index contributed by atoms with van der Waals surface area (Å²) in [5.74, 6) is -3.75. The molecular weight excluding hydrogens is 528 g/mol. The number of ether oxygens (including phenoxy) is 1. The number of aliphatic carboxylic acids is 1. The zero-order valence-electron chi connectivity index (χ0n) is 22.6. The smallest absolute Gasteiger partial charge is 0.308 e. The molecule has 212 valence electrons. The van der Waals surface area contributed by atoms with E-state index in [0.717, 1.165) is 16.7 Å². The van der Waals surface area contributed by atoms with Gasteiger partial charge < -0.3 is 20.5 Å². The van der Waals surface area contributed by atoms with Crippen molar-refractivity contribution in [3.63, 3.8) is 0 Å². The fourth-order valence-electron chi connectivity index (χ4n) is 3.84. The summed E-state index contributed by atoms with van der Waals surface area (Å²) in [4.78, 5) is 72.1. The maximum absolute atomic E-state index is 12.8. The number of amides is 2. The molecule has 10 heteroatoms. The van der Waals surface area contributed by atoms with E-state index in [2.05, 4.69) is 10.6 Å². The minimum Gasteiger partial charge on any atom is -0.481 e. The number of carboxylic acids is 1. The zero-order valence-corrected chi connectivity index (χ0v) is 22.6. The van der Waals surface area contributed by atoms with E-state index in [4.69, 9.17) is 9.84 Å². The highest BCUT2D eigenvalue weighted by Crippen LogP contribution is 2.21. The van der Waals surface area contributed by atoms with Gasteiger partial charge in [0.1, 0.15) is 6.61 Å². The molecule has 3 N–H and O–H groups in total. The maximum Gasteiger partial charge on any atom is 0.308 e. The summed E-state index contributed by atoms with van der Waals surface area (Å²) >= 11 is 0. The van der Waals surface area contributed by atoms with Crippen molar-refractivity contribution in [2.45, 2.75) is 45.4 Å². The Kier molecular flexibility index (Phi) is 10.6. The van der Waals surface area contributed by atoms with Crippen molar-refractivity contribution < 1.29 is 38.6 Å². The number of hydrogen-bond acceptors (Lipinski definition) is 7. The molecule has 0 aliphatic carbocycles. The molecule has 0 fully saturated rings. The number of carboxylic acid groups (broad SMARTS) is 1. The molecule has 0 spiro atoms. The third-order valence-electron chi connectivity index (χ3n) is 6.21. The second-order valence-corrected chi connectivity index (χ2v) is 9.38. The highest BCUT2D eigenvalue weighted by atomic mass is 16.5. The van der Waals surface area contributed by atoms with E-state index in [9.17, 15) is 28.8 Å². The lowest BCUT2D eigenvalue weighted by Crippen LogP contribution is -2.41. The summed E-state index contributed by atoms with van der Waals surface area (Å²) in [6, 6.07) is 19.9. The Labute approximate surface area is 236 Å². The first-order chi connectivity index (χ1) is 19.5. The minimum absolute atomic E-state index is 0.0645. The number of nitrogens with one attached hydrogen (secondary N) is 2.